The van der Waals surface area contributed by atoms with E-state index in [4.69, 9.17) is 4.74 Å². The van der Waals surface area contributed by atoms with Gasteiger partial charge in [-0.1, -0.05) is 42.0 Å². The van der Waals surface area contributed by atoms with E-state index in [1.807, 2.05) is 36.4 Å². The Morgan fingerprint density at radius 2 is 1.80 bits per heavy atom. The SMILES string of the molecule is Cc1ccc(CC(=O)CCOc2ccccc2)c(C)c1. The lowest BCUT2D eigenvalue weighted by atomic mass is 10.0. The number of carbonyl (C=O) groups excluding carboxylic acids is 1. The maximum absolute atomic E-state index is 12.0. The molecule has 0 saturated heterocycles. The molecule has 0 radical (unpaired) electrons. The second-order valence-electron chi connectivity index (χ2n) is 5.06. The summed E-state index contributed by atoms with van der Waals surface area (Å²) in [6.07, 6.45) is 0.937. The average Bonchev–Trinajstić information content (AvgIpc) is 2.43. The molecule has 0 atom stereocenters. The molecule has 2 aromatic carbocycles. The van der Waals surface area contributed by atoms with E-state index in [0.29, 0.717) is 19.4 Å². The molecule has 0 aliphatic carbocycles. The minimum absolute atomic E-state index is 0.216. The standard InChI is InChI=1S/C18H20O2/c1-14-8-9-16(15(2)12-14)13-17(19)10-11-20-18-6-4-3-5-7-18/h3-9,12H,10-11,13H2,1-2H3. The number of ether oxygens (including phenoxy) is 1. The van der Waals surface area contributed by atoms with Crippen LogP contribution in [0.2, 0.25) is 0 Å². The Morgan fingerprint density at radius 1 is 1.05 bits per heavy atom. The summed E-state index contributed by atoms with van der Waals surface area (Å²) in [5.74, 6) is 1.03. The van der Waals surface area contributed by atoms with Gasteiger partial charge in [-0.25, -0.2) is 0 Å². The van der Waals surface area contributed by atoms with Crippen LogP contribution < -0.4 is 4.74 Å². The van der Waals surface area contributed by atoms with Gasteiger partial charge in [0.2, 0.25) is 0 Å². The molecule has 0 aliphatic rings. The molecule has 2 nitrogen and oxygen atoms in total. The summed E-state index contributed by atoms with van der Waals surface area (Å²) in [5.41, 5.74) is 3.52. The summed E-state index contributed by atoms with van der Waals surface area (Å²) >= 11 is 0. The van der Waals surface area contributed by atoms with Crippen molar-refractivity contribution in [1.82, 2.24) is 0 Å². The first kappa shape index (κ1) is 14.3. The number of ketones is 1. The molecule has 0 fully saturated rings. The van der Waals surface area contributed by atoms with Crippen LogP contribution in [0.1, 0.15) is 23.1 Å². The maximum Gasteiger partial charge on any atom is 0.140 e. The molecule has 0 N–H and O–H groups in total. The fourth-order valence-electron chi connectivity index (χ4n) is 2.14. The summed E-state index contributed by atoms with van der Waals surface area (Å²) in [4.78, 5) is 12.0. The third-order valence-corrected chi connectivity index (χ3v) is 3.28. The second-order valence-corrected chi connectivity index (χ2v) is 5.06. The summed E-state index contributed by atoms with van der Waals surface area (Å²) in [5, 5.41) is 0. The zero-order valence-electron chi connectivity index (χ0n) is 12.1. The van der Waals surface area contributed by atoms with Gasteiger partial charge in [-0.15, -0.1) is 0 Å². The van der Waals surface area contributed by atoms with E-state index >= 15 is 0 Å². The number of para-hydroxylation sites is 1. The van der Waals surface area contributed by atoms with Crippen molar-refractivity contribution in [2.45, 2.75) is 26.7 Å². The molecule has 0 amide bonds. The lowest BCUT2D eigenvalue weighted by Crippen LogP contribution is -2.09. The first-order valence-corrected chi connectivity index (χ1v) is 6.91. The first-order valence-electron chi connectivity index (χ1n) is 6.91. The normalized spacial score (nSPS) is 10.3. The van der Waals surface area contributed by atoms with Gasteiger partial charge in [-0.3, -0.25) is 4.79 Å². The summed E-state index contributed by atoms with van der Waals surface area (Å²) in [6, 6.07) is 15.8. The number of benzene rings is 2. The minimum Gasteiger partial charge on any atom is -0.493 e. The summed E-state index contributed by atoms with van der Waals surface area (Å²) in [7, 11) is 0. The molecule has 0 aromatic heterocycles. The van der Waals surface area contributed by atoms with E-state index < -0.39 is 0 Å². The van der Waals surface area contributed by atoms with Crippen LogP contribution in [-0.4, -0.2) is 12.4 Å². The van der Waals surface area contributed by atoms with E-state index in [1.165, 1.54) is 11.1 Å². The smallest absolute Gasteiger partial charge is 0.140 e. The van der Waals surface area contributed by atoms with E-state index in [0.717, 1.165) is 11.3 Å². The topological polar surface area (TPSA) is 26.3 Å². The van der Waals surface area contributed by atoms with Gasteiger partial charge >= 0.3 is 0 Å². The third-order valence-electron chi connectivity index (χ3n) is 3.28. The Labute approximate surface area is 120 Å². The highest BCUT2D eigenvalue weighted by molar-refractivity contribution is 5.81. The molecule has 0 aliphatic heterocycles. The lowest BCUT2D eigenvalue weighted by molar-refractivity contribution is -0.118. The number of hydrogen-bond acceptors (Lipinski definition) is 2. The molecule has 2 heteroatoms. The summed E-state index contributed by atoms with van der Waals surface area (Å²) < 4.78 is 5.54. The number of aryl methyl sites for hydroxylation is 2. The minimum atomic E-state index is 0.216. The molecule has 0 saturated carbocycles. The first-order chi connectivity index (χ1) is 9.65. The molecule has 2 rings (SSSR count). The Morgan fingerprint density at radius 3 is 2.50 bits per heavy atom. The molecule has 20 heavy (non-hydrogen) atoms. The van der Waals surface area contributed by atoms with E-state index in [1.54, 1.807) is 0 Å². The largest absolute Gasteiger partial charge is 0.493 e. The van der Waals surface area contributed by atoms with Gasteiger partial charge in [0.05, 0.1) is 6.61 Å². The van der Waals surface area contributed by atoms with Gasteiger partial charge in [0, 0.05) is 12.8 Å². The maximum atomic E-state index is 12.0. The van der Waals surface area contributed by atoms with Crippen LogP contribution in [0.4, 0.5) is 0 Å². The molecule has 104 valence electrons. The van der Waals surface area contributed by atoms with Gasteiger partial charge in [-0.05, 0) is 37.1 Å². The van der Waals surface area contributed by atoms with Crippen molar-refractivity contribution in [1.29, 1.82) is 0 Å². The lowest BCUT2D eigenvalue weighted by Gasteiger charge is -2.07. The highest BCUT2D eigenvalue weighted by Gasteiger charge is 2.06. The van der Waals surface area contributed by atoms with Crippen LogP contribution in [-0.2, 0) is 11.2 Å². The molecular weight excluding hydrogens is 248 g/mol. The van der Waals surface area contributed by atoms with Gasteiger partial charge in [0.15, 0.2) is 0 Å². The van der Waals surface area contributed by atoms with Gasteiger partial charge in [-0.2, -0.15) is 0 Å². The molecule has 2 aromatic rings. The molecule has 0 bridgehead atoms. The van der Waals surface area contributed by atoms with E-state index in [-0.39, 0.29) is 5.78 Å². The van der Waals surface area contributed by atoms with Crippen molar-refractivity contribution < 1.29 is 9.53 Å². The number of hydrogen-bond donors (Lipinski definition) is 0. The number of Topliss-reactive ketones (excluding diaryl/α,β-unsaturated/α-hetero) is 1. The van der Waals surface area contributed by atoms with Crippen LogP contribution in [0, 0.1) is 13.8 Å². The van der Waals surface area contributed by atoms with Crippen LogP contribution in [0.25, 0.3) is 0 Å². The van der Waals surface area contributed by atoms with Gasteiger partial charge in [0.1, 0.15) is 11.5 Å². The number of carbonyl (C=O) groups is 1. The van der Waals surface area contributed by atoms with Crippen LogP contribution in [0.5, 0.6) is 5.75 Å². The Kier molecular flexibility index (Phi) is 4.94. The summed E-state index contributed by atoms with van der Waals surface area (Å²) in [6.45, 7) is 4.55. The Balaban J connectivity index is 1.81. The van der Waals surface area contributed by atoms with E-state index in [2.05, 4.69) is 26.0 Å². The quantitative estimate of drug-likeness (QED) is 0.794. The van der Waals surface area contributed by atoms with Gasteiger partial charge in [0.25, 0.3) is 0 Å². The monoisotopic (exact) mass is 268 g/mol. The van der Waals surface area contributed by atoms with Crippen molar-refractivity contribution in [2.24, 2.45) is 0 Å². The van der Waals surface area contributed by atoms with Crippen molar-refractivity contribution in [2.75, 3.05) is 6.61 Å². The Hall–Kier alpha value is -2.09. The highest BCUT2D eigenvalue weighted by Crippen LogP contribution is 2.13. The van der Waals surface area contributed by atoms with Crippen molar-refractivity contribution in [3.8, 4) is 5.75 Å². The van der Waals surface area contributed by atoms with E-state index in [9.17, 15) is 4.79 Å². The highest BCUT2D eigenvalue weighted by atomic mass is 16.5. The Bertz CT molecular complexity index is 573. The predicted octanol–water partition coefficient (Wildman–Crippen LogP) is 3.88. The fraction of sp³-hybridized carbons (Fsp3) is 0.278. The molecule has 0 unspecified atom stereocenters. The predicted molar refractivity (Wildman–Crippen MR) is 81.2 cm³/mol. The van der Waals surface area contributed by atoms with Crippen LogP contribution >= 0.6 is 0 Å². The third kappa shape index (κ3) is 4.23. The average molecular weight is 268 g/mol. The fourth-order valence-corrected chi connectivity index (χ4v) is 2.14. The molecule has 0 heterocycles. The van der Waals surface area contributed by atoms with Crippen molar-refractivity contribution in [3.05, 3.63) is 65.2 Å². The molecular formula is C18H20O2. The van der Waals surface area contributed by atoms with Crippen molar-refractivity contribution in [3.63, 3.8) is 0 Å². The van der Waals surface area contributed by atoms with Gasteiger partial charge < -0.3 is 4.74 Å². The zero-order valence-corrected chi connectivity index (χ0v) is 12.1. The van der Waals surface area contributed by atoms with Crippen LogP contribution in [0.15, 0.2) is 48.5 Å². The number of rotatable bonds is 6. The second kappa shape index (κ2) is 6.90. The van der Waals surface area contributed by atoms with Crippen molar-refractivity contribution >= 4 is 5.78 Å². The van der Waals surface area contributed by atoms with Crippen LogP contribution in [0.3, 0.4) is 0 Å². The zero-order chi connectivity index (χ0) is 14.4. The molecule has 0 spiro atoms.